The van der Waals surface area contributed by atoms with Crippen molar-refractivity contribution in [3.63, 3.8) is 0 Å². The number of pyridine rings is 1. The number of nitrogens with zero attached hydrogens (tertiary/aromatic N) is 2. The molecule has 0 amide bonds. The second kappa shape index (κ2) is 5.99. The Bertz CT molecular complexity index is 742. The van der Waals surface area contributed by atoms with Crippen LogP contribution in [0.3, 0.4) is 0 Å². The van der Waals surface area contributed by atoms with E-state index in [0.29, 0.717) is 29.3 Å². The minimum atomic E-state index is -3.47. The Labute approximate surface area is 125 Å². The SMILES string of the molecule is CCN(CC(C)C)S(=O)(=O)c1ccc2nc(N)ccc2c1. The normalized spacial score (nSPS) is 12.4. The molecule has 0 spiro atoms. The number of nitrogen functional groups attached to an aromatic ring is 1. The Kier molecular flexibility index (Phi) is 4.49. The van der Waals surface area contributed by atoms with Gasteiger partial charge in [0.15, 0.2) is 0 Å². The first kappa shape index (κ1) is 15.7. The molecule has 0 aliphatic rings. The predicted molar refractivity (Wildman–Crippen MR) is 85.4 cm³/mol. The van der Waals surface area contributed by atoms with E-state index in [0.717, 1.165) is 5.39 Å². The average molecular weight is 307 g/mol. The topological polar surface area (TPSA) is 76.3 Å². The molecule has 114 valence electrons. The quantitative estimate of drug-likeness (QED) is 0.920. The van der Waals surface area contributed by atoms with E-state index in [4.69, 9.17) is 5.73 Å². The monoisotopic (exact) mass is 307 g/mol. The van der Waals surface area contributed by atoms with Crippen LogP contribution in [-0.4, -0.2) is 30.8 Å². The fourth-order valence-corrected chi connectivity index (χ4v) is 3.88. The lowest BCUT2D eigenvalue weighted by atomic mass is 10.2. The van der Waals surface area contributed by atoms with Gasteiger partial charge in [0.2, 0.25) is 10.0 Å². The summed E-state index contributed by atoms with van der Waals surface area (Å²) in [4.78, 5) is 4.48. The molecule has 0 saturated heterocycles. The Morgan fingerprint density at radius 2 is 1.95 bits per heavy atom. The lowest BCUT2D eigenvalue weighted by Crippen LogP contribution is -2.34. The van der Waals surface area contributed by atoms with Gasteiger partial charge in [-0.1, -0.05) is 20.8 Å². The van der Waals surface area contributed by atoms with Crippen LogP contribution >= 0.6 is 0 Å². The lowest BCUT2D eigenvalue weighted by molar-refractivity contribution is 0.381. The number of sulfonamides is 1. The van der Waals surface area contributed by atoms with Crippen molar-refractivity contribution in [2.45, 2.75) is 25.7 Å². The third-order valence-electron chi connectivity index (χ3n) is 3.24. The fraction of sp³-hybridized carbons (Fsp3) is 0.400. The van der Waals surface area contributed by atoms with Crippen LogP contribution in [0.25, 0.3) is 10.9 Å². The van der Waals surface area contributed by atoms with Crippen molar-refractivity contribution in [3.05, 3.63) is 30.3 Å². The summed E-state index contributed by atoms with van der Waals surface area (Å²) in [5.74, 6) is 0.703. The summed E-state index contributed by atoms with van der Waals surface area (Å²) < 4.78 is 26.9. The molecule has 0 aliphatic carbocycles. The molecule has 6 heteroatoms. The van der Waals surface area contributed by atoms with E-state index < -0.39 is 10.0 Å². The number of aromatic nitrogens is 1. The van der Waals surface area contributed by atoms with Gasteiger partial charge >= 0.3 is 0 Å². The van der Waals surface area contributed by atoms with Crippen molar-refractivity contribution in [2.75, 3.05) is 18.8 Å². The predicted octanol–water partition coefficient (Wildman–Crippen LogP) is 2.48. The molecule has 0 bridgehead atoms. The van der Waals surface area contributed by atoms with Crippen LogP contribution in [-0.2, 0) is 10.0 Å². The van der Waals surface area contributed by atoms with Gasteiger partial charge in [0.1, 0.15) is 5.82 Å². The number of anilines is 1. The zero-order chi connectivity index (χ0) is 15.6. The Morgan fingerprint density at radius 3 is 2.57 bits per heavy atom. The van der Waals surface area contributed by atoms with Crippen LogP contribution in [0.1, 0.15) is 20.8 Å². The molecule has 5 nitrogen and oxygen atoms in total. The molecule has 0 aliphatic heterocycles. The third-order valence-corrected chi connectivity index (χ3v) is 5.18. The Hall–Kier alpha value is -1.66. The average Bonchev–Trinajstić information content (AvgIpc) is 2.43. The highest BCUT2D eigenvalue weighted by molar-refractivity contribution is 7.89. The minimum Gasteiger partial charge on any atom is -0.384 e. The molecule has 2 N–H and O–H groups in total. The first-order chi connectivity index (χ1) is 9.84. The minimum absolute atomic E-state index is 0.279. The van der Waals surface area contributed by atoms with Crippen molar-refractivity contribution in [1.29, 1.82) is 0 Å². The zero-order valence-electron chi connectivity index (χ0n) is 12.6. The van der Waals surface area contributed by atoms with E-state index in [-0.39, 0.29) is 5.92 Å². The highest BCUT2D eigenvalue weighted by Gasteiger charge is 2.23. The van der Waals surface area contributed by atoms with Crippen LogP contribution in [0.5, 0.6) is 0 Å². The van der Waals surface area contributed by atoms with Crippen LogP contribution < -0.4 is 5.73 Å². The molecule has 2 aromatic rings. The van der Waals surface area contributed by atoms with Crippen LogP contribution in [0.15, 0.2) is 35.2 Å². The van der Waals surface area contributed by atoms with Gasteiger partial charge in [-0.2, -0.15) is 4.31 Å². The van der Waals surface area contributed by atoms with Crippen LogP contribution in [0, 0.1) is 5.92 Å². The van der Waals surface area contributed by atoms with Crippen LogP contribution in [0.4, 0.5) is 5.82 Å². The standard InChI is InChI=1S/C15H21N3O2S/c1-4-18(10-11(2)3)21(19,20)13-6-7-14-12(9-13)5-8-15(16)17-14/h5-9,11H,4,10H2,1-3H3,(H2,16,17). The van der Waals surface area contributed by atoms with Crippen molar-refractivity contribution < 1.29 is 8.42 Å². The van der Waals surface area contributed by atoms with Crippen LogP contribution in [0.2, 0.25) is 0 Å². The third kappa shape index (κ3) is 3.33. The molecule has 1 aromatic heterocycles. The van der Waals surface area contributed by atoms with Crippen molar-refractivity contribution in [3.8, 4) is 0 Å². The number of rotatable bonds is 5. The first-order valence-electron chi connectivity index (χ1n) is 7.01. The van der Waals surface area contributed by atoms with Gasteiger partial charge in [-0.05, 0) is 36.2 Å². The first-order valence-corrected chi connectivity index (χ1v) is 8.45. The van der Waals surface area contributed by atoms with E-state index in [2.05, 4.69) is 4.98 Å². The van der Waals surface area contributed by atoms with E-state index in [1.54, 1.807) is 30.3 Å². The van der Waals surface area contributed by atoms with E-state index in [9.17, 15) is 8.42 Å². The van der Waals surface area contributed by atoms with Crippen molar-refractivity contribution in [2.24, 2.45) is 5.92 Å². The maximum atomic E-state index is 12.7. The van der Waals surface area contributed by atoms with Gasteiger partial charge in [0, 0.05) is 18.5 Å². The lowest BCUT2D eigenvalue weighted by Gasteiger charge is -2.22. The maximum absolute atomic E-state index is 12.7. The van der Waals surface area contributed by atoms with Gasteiger partial charge in [-0.25, -0.2) is 13.4 Å². The van der Waals surface area contributed by atoms with Crippen molar-refractivity contribution in [1.82, 2.24) is 9.29 Å². The number of hydrogen-bond acceptors (Lipinski definition) is 4. The smallest absolute Gasteiger partial charge is 0.243 e. The van der Waals surface area contributed by atoms with Gasteiger partial charge in [-0.15, -0.1) is 0 Å². The summed E-state index contributed by atoms with van der Waals surface area (Å²) >= 11 is 0. The second-order valence-electron chi connectivity index (χ2n) is 5.44. The molecule has 0 atom stereocenters. The highest BCUT2D eigenvalue weighted by Crippen LogP contribution is 2.22. The number of fused-ring (bicyclic) bond motifs is 1. The van der Waals surface area contributed by atoms with E-state index in [1.165, 1.54) is 4.31 Å². The van der Waals surface area contributed by atoms with Gasteiger partial charge in [0.05, 0.1) is 10.4 Å². The summed E-state index contributed by atoms with van der Waals surface area (Å²) in [6.45, 7) is 6.83. The van der Waals surface area contributed by atoms with Gasteiger partial charge < -0.3 is 5.73 Å². The molecular weight excluding hydrogens is 286 g/mol. The Balaban J connectivity index is 2.46. The van der Waals surface area contributed by atoms with Crippen molar-refractivity contribution >= 4 is 26.7 Å². The van der Waals surface area contributed by atoms with E-state index in [1.807, 2.05) is 20.8 Å². The Morgan fingerprint density at radius 1 is 1.24 bits per heavy atom. The molecule has 2 rings (SSSR count). The summed E-state index contributed by atoms with van der Waals surface area (Å²) in [6, 6.07) is 8.40. The fourth-order valence-electron chi connectivity index (χ4n) is 2.23. The molecule has 0 unspecified atom stereocenters. The van der Waals surface area contributed by atoms with Gasteiger partial charge in [-0.3, -0.25) is 0 Å². The molecular formula is C15H21N3O2S. The molecule has 0 radical (unpaired) electrons. The summed E-state index contributed by atoms with van der Waals surface area (Å²) in [5.41, 5.74) is 6.33. The second-order valence-corrected chi connectivity index (χ2v) is 7.38. The molecule has 0 fully saturated rings. The summed E-state index contributed by atoms with van der Waals surface area (Å²) in [6.07, 6.45) is 0. The largest absolute Gasteiger partial charge is 0.384 e. The van der Waals surface area contributed by atoms with E-state index >= 15 is 0 Å². The number of benzene rings is 1. The molecule has 1 heterocycles. The molecule has 1 aromatic carbocycles. The number of nitrogens with two attached hydrogens (primary N) is 1. The zero-order valence-corrected chi connectivity index (χ0v) is 13.4. The highest BCUT2D eigenvalue weighted by atomic mass is 32.2. The van der Waals surface area contributed by atoms with Gasteiger partial charge in [0.25, 0.3) is 0 Å². The summed E-state index contributed by atoms with van der Waals surface area (Å²) in [5, 5.41) is 0.769. The number of hydrogen-bond donors (Lipinski definition) is 1. The molecule has 21 heavy (non-hydrogen) atoms. The maximum Gasteiger partial charge on any atom is 0.243 e. The molecule has 0 saturated carbocycles. The summed E-state index contributed by atoms with van der Waals surface area (Å²) in [7, 11) is -3.47.